The highest BCUT2D eigenvalue weighted by Gasteiger charge is 2.36. The summed E-state index contributed by atoms with van der Waals surface area (Å²) in [6.07, 6.45) is 6.17. The van der Waals surface area contributed by atoms with Gasteiger partial charge in [0.25, 0.3) is 5.91 Å². The minimum atomic E-state index is -0.780. The lowest BCUT2D eigenvalue weighted by atomic mass is 9.84. The summed E-state index contributed by atoms with van der Waals surface area (Å²) >= 11 is 1.51. The lowest BCUT2D eigenvalue weighted by molar-refractivity contribution is -0.117. The zero-order valence-electron chi connectivity index (χ0n) is 14.0. The largest absolute Gasteiger partial charge is 0.390 e. The summed E-state index contributed by atoms with van der Waals surface area (Å²) in [5.41, 5.74) is 0.734. The van der Waals surface area contributed by atoms with Crippen LogP contribution in [-0.4, -0.2) is 29.1 Å². The van der Waals surface area contributed by atoms with Gasteiger partial charge in [-0.1, -0.05) is 0 Å². The van der Waals surface area contributed by atoms with Crippen molar-refractivity contribution in [3.8, 4) is 0 Å². The highest BCUT2D eigenvalue weighted by molar-refractivity contribution is 7.17. The van der Waals surface area contributed by atoms with Crippen LogP contribution in [0.25, 0.3) is 0 Å². The Balaban J connectivity index is 1.62. The topological polar surface area (TPSA) is 78.4 Å². The van der Waals surface area contributed by atoms with Crippen LogP contribution in [0.4, 0.5) is 5.00 Å². The Bertz CT molecular complexity index is 687. The number of amides is 2. The smallest absolute Gasteiger partial charge is 0.254 e. The molecule has 1 unspecified atom stereocenters. The molecule has 1 aromatic heterocycles. The van der Waals surface area contributed by atoms with Gasteiger partial charge in [0.2, 0.25) is 5.91 Å². The third-order valence-electron chi connectivity index (χ3n) is 5.20. The van der Waals surface area contributed by atoms with Crippen molar-refractivity contribution in [3.63, 3.8) is 0 Å². The van der Waals surface area contributed by atoms with Gasteiger partial charge in [0.1, 0.15) is 5.00 Å². The van der Waals surface area contributed by atoms with Gasteiger partial charge in [-0.2, -0.15) is 0 Å². The number of hydrogen-bond acceptors (Lipinski definition) is 4. The molecular formula is C18H24N2O3S. The average molecular weight is 348 g/mol. The average Bonchev–Trinajstić information content (AvgIpc) is 3.41. The first-order chi connectivity index (χ1) is 11.4. The molecule has 4 rings (SSSR count). The predicted molar refractivity (Wildman–Crippen MR) is 93.4 cm³/mol. The minimum Gasteiger partial charge on any atom is -0.390 e. The molecule has 0 spiro atoms. The van der Waals surface area contributed by atoms with Crippen molar-refractivity contribution < 1.29 is 14.7 Å². The zero-order chi connectivity index (χ0) is 16.9. The van der Waals surface area contributed by atoms with Gasteiger partial charge in [0, 0.05) is 23.8 Å². The lowest BCUT2D eigenvalue weighted by Crippen LogP contribution is -2.34. The van der Waals surface area contributed by atoms with Crippen molar-refractivity contribution in [2.24, 2.45) is 11.8 Å². The third-order valence-corrected chi connectivity index (χ3v) is 6.41. The molecule has 0 radical (unpaired) electrons. The number of rotatable bonds is 5. The van der Waals surface area contributed by atoms with E-state index in [1.807, 2.05) is 6.92 Å². The molecule has 3 N–H and O–H groups in total. The molecule has 2 fully saturated rings. The Kier molecular flexibility index (Phi) is 3.92. The van der Waals surface area contributed by atoms with E-state index < -0.39 is 5.60 Å². The first-order valence-corrected chi connectivity index (χ1v) is 9.70. The standard InChI is InChI=1S/C18H24N2O3S/c1-18(23)7-6-13-12(8-18)14(16(22)19-9-10-2-3-10)17(24-13)20-15(21)11-4-5-11/h10-11,23H,2-9H2,1H3,(H,19,22)(H,20,21). The van der Waals surface area contributed by atoms with E-state index in [2.05, 4.69) is 10.6 Å². The van der Waals surface area contributed by atoms with E-state index in [1.54, 1.807) is 0 Å². The summed E-state index contributed by atoms with van der Waals surface area (Å²) < 4.78 is 0. The van der Waals surface area contributed by atoms with E-state index in [4.69, 9.17) is 0 Å². The zero-order valence-corrected chi connectivity index (χ0v) is 14.8. The van der Waals surface area contributed by atoms with Crippen LogP contribution >= 0.6 is 11.3 Å². The molecule has 130 valence electrons. The Morgan fingerprint density at radius 1 is 1.29 bits per heavy atom. The third kappa shape index (κ3) is 3.35. The molecule has 1 heterocycles. The van der Waals surface area contributed by atoms with Crippen LogP contribution in [0.1, 0.15) is 59.8 Å². The van der Waals surface area contributed by atoms with Crippen molar-refractivity contribution in [2.45, 2.75) is 57.5 Å². The fourth-order valence-electron chi connectivity index (χ4n) is 3.29. The predicted octanol–water partition coefficient (Wildman–Crippen LogP) is 2.48. The molecule has 0 saturated heterocycles. The van der Waals surface area contributed by atoms with Crippen molar-refractivity contribution in [1.29, 1.82) is 0 Å². The number of carbonyl (C=O) groups excluding carboxylic acids is 2. The van der Waals surface area contributed by atoms with Gasteiger partial charge in [-0.05, 0) is 56.9 Å². The summed E-state index contributed by atoms with van der Waals surface area (Å²) in [7, 11) is 0. The van der Waals surface area contributed by atoms with Crippen LogP contribution in [-0.2, 0) is 17.6 Å². The van der Waals surface area contributed by atoms with E-state index in [-0.39, 0.29) is 17.7 Å². The summed E-state index contributed by atoms with van der Waals surface area (Å²) in [6.45, 7) is 2.53. The van der Waals surface area contributed by atoms with E-state index in [0.717, 1.165) is 29.7 Å². The van der Waals surface area contributed by atoms with Gasteiger partial charge in [0.15, 0.2) is 0 Å². The van der Waals surface area contributed by atoms with E-state index in [9.17, 15) is 14.7 Å². The van der Waals surface area contributed by atoms with Crippen molar-refractivity contribution in [1.82, 2.24) is 5.32 Å². The molecule has 24 heavy (non-hydrogen) atoms. The van der Waals surface area contributed by atoms with Crippen LogP contribution in [0.2, 0.25) is 0 Å². The maximum atomic E-state index is 12.8. The fraction of sp³-hybridized carbons (Fsp3) is 0.667. The van der Waals surface area contributed by atoms with Crippen LogP contribution in [0.15, 0.2) is 0 Å². The Morgan fingerprint density at radius 3 is 2.71 bits per heavy atom. The van der Waals surface area contributed by atoms with E-state index in [0.29, 0.717) is 35.9 Å². The summed E-state index contributed by atoms with van der Waals surface area (Å²) in [4.78, 5) is 26.1. The fourth-order valence-corrected chi connectivity index (χ4v) is 4.51. The van der Waals surface area contributed by atoms with E-state index >= 15 is 0 Å². The molecule has 5 nitrogen and oxygen atoms in total. The number of thiophene rings is 1. The summed E-state index contributed by atoms with van der Waals surface area (Å²) in [6, 6.07) is 0. The molecule has 3 aliphatic carbocycles. The Morgan fingerprint density at radius 2 is 2.04 bits per heavy atom. The molecule has 3 aliphatic rings. The summed E-state index contributed by atoms with van der Waals surface area (Å²) in [5, 5.41) is 17.1. The second-order valence-corrected chi connectivity index (χ2v) is 8.90. The second kappa shape index (κ2) is 5.85. The monoisotopic (exact) mass is 348 g/mol. The van der Waals surface area contributed by atoms with Gasteiger partial charge in [-0.15, -0.1) is 11.3 Å². The van der Waals surface area contributed by atoms with Crippen LogP contribution in [0.5, 0.6) is 0 Å². The summed E-state index contributed by atoms with van der Waals surface area (Å²) in [5.74, 6) is 0.630. The number of aliphatic hydroxyl groups is 1. The van der Waals surface area contributed by atoms with E-state index in [1.165, 1.54) is 24.2 Å². The maximum absolute atomic E-state index is 12.8. The SMILES string of the molecule is CC1(O)CCc2sc(NC(=O)C3CC3)c(C(=O)NCC3CC3)c2C1. The molecule has 2 amide bonds. The van der Waals surface area contributed by atoms with Gasteiger partial charge in [-0.25, -0.2) is 0 Å². The minimum absolute atomic E-state index is 0.0246. The van der Waals surface area contributed by atoms with Gasteiger partial charge in [-0.3, -0.25) is 9.59 Å². The van der Waals surface area contributed by atoms with Crippen molar-refractivity contribution >= 4 is 28.2 Å². The molecular weight excluding hydrogens is 324 g/mol. The van der Waals surface area contributed by atoms with Gasteiger partial charge < -0.3 is 15.7 Å². The molecule has 0 bridgehead atoms. The molecule has 6 heteroatoms. The second-order valence-electron chi connectivity index (χ2n) is 7.80. The van der Waals surface area contributed by atoms with Gasteiger partial charge >= 0.3 is 0 Å². The van der Waals surface area contributed by atoms with Crippen molar-refractivity contribution in [3.05, 3.63) is 16.0 Å². The Labute approximate surface area is 145 Å². The first-order valence-electron chi connectivity index (χ1n) is 8.89. The molecule has 1 aromatic rings. The first kappa shape index (κ1) is 16.1. The van der Waals surface area contributed by atoms with Crippen molar-refractivity contribution in [2.75, 3.05) is 11.9 Å². The highest BCUT2D eigenvalue weighted by atomic mass is 32.1. The number of aryl methyl sites for hydroxylation is 1. The number of carbonyl (C=O) groups is 2. The van der Waals surface area contributed by atoms with Crippen LogP contribution in [0.3, 0.4) is 0 Å². The normalized spacial score (nSPS) is 25.9. The maximum Gasteiger partial charge on any atom is 0.254 e. The molecule has 0 aliphatic heterocycles. The molecule has 1 atom stereocenters. The van der Waals surface area contributed by atoms with Crippen LogP contribution in [0, 0.1) is 11.8 Å². The quantitative estimate of drug-likeness (QED) is 0.765. The number of fused-ring (bicyclic) bond motifs is 1. The number of anilines is 1. The number of nitrogens with one attached hydrogen (secondary N) is 2. The molecule has 2 saturated carbocycles. The van der Waals surface area contributed by atoms with Crippen LogP contribution < -0.4 is 10.6 Å². The molecule has 0 aromatic carbocycles. The number of hydrogen-bond donors (Lipinski definition) is 3. The lowest BCUT2D eigenvalue weighted by Gasteiger charge is -2.28. The Hall–Kier alpha value is -1.40. The highest BCUT2D eigenvalue weighted by Crippen LogP contribution is 2.42. The van der Waals surface area contributed by atoms with Gasteiger partial charge in [0.05, 0.1) is 11.2 Å².